The fourth-order valence-corrected chi connectivity index (χ4v) is 4.53. The van der Waals surface area contributed by atoms with E-state index in [9.17, 15) is 8.42 Å². The molecule has 4 nitrogen and oxygen atoms in total. The van der Waals surface area contributed by atoms with Gasteiger partial charge in [0, 0.05) is 5.69 Å². The van der Waals surface area contributed by atoms with Crippen LogP contribution in [0.25, 0.3) is 0 Å². The predicted octanol–water partition coefficient (Wildman–Crippen LogP) is 0.974. The summed E-state index contributed by atoms with van der Waals surface area (Å²) in [5, 5.41) is 0.376. The number of benzene rings is 1. The van der Waals surface area contributed by atoms with Crippen LogP contribution in [0.5, 0.6) is 0 Å². The Kier molecular flexibility index (Phi) is 2.38. The predicted molar refractivity (Wildman–Crippen MR) is 68.8 cm³/mol. The first-order valence-corrected chi connectivity index (χ1v) is 7.55. The standard InChI is InChI=1S/C11H11NO3S2/c13-17(14)6-9-10(7-17)15-11(16)12(9)8-4-2-1-3-5-8/h1-5,9-10H,6-7H2/t9-,10-/m1/s1. The number of anilines is 1. The second-order valence-electron chi connectivity index (χ2n) is 4.27. The number of fused-ring (bicyclic) bond motifs is 1. The molecule has 0 amide bonds. The molecular weight excluding hydrogens is 258 g/mol. The Morgan fingerprint density at radius 1 is 1.24 bits per heavy atom. The Balaban J connectivity index is 1.98. The van der Waals surface area contributed by atoms with E-state index >= 15 is 0 Å². The quantitative estimate of drug-likeness (QED) is 0.711. The lowest BCUT2D eigenvalue weighted by atomic mass is 10.2. The van der Waals surface area contributed by atoms with Crippen LogP contribution in [-0.4, -0.2) is 37.2 Å². The summed E-state index contributed by atoms with van der Waals surface area (Å²) in [6.07, 6.45) is -0.312. The van der Waals surface area contributed by atoms with Gasteiger partial charge < -0.3 is 4.74 Å². The Bertz CT molecular complexity index is 555. The molecule has 2 aliphatic rings. The fourth-order valence-electron chi connectivity index (χ4n) is 2.36. The molecule has 0 radical (unpaired) electrons. The molecule has 0 aromatic heterocycles. The Morgan fingerprint density at radius 2 is 1.94 bits per heavy atom. The van der Waals surface area contributed by atoms with Crippen LogP contribution in [-0.2, 0) is 14.6 Å². The maximum atomic E-state index is 11.6. The maximum absolute atomic E-state index is 11.6. The third-order valence-electron chi connectivity index (χ3n) is 3.09. The molecule has 0 spiro atoms. The highest BCUT2D eigenvalue weighted by Crippen LogP contribution is 2.32. The molecule has 2 fully saturated rings. The highest BCUT2D eigenvalue weighted by molar-refractivity contribution is 7.91. The van der Waals surface area contributed by atoms with Crippen LogP contribution in [0.15, 0.2) is 30.3 Å². The highest BCUT2D eigenvalue weighted by Gasteiger charge is 2.49. The number of sulfone groups is 1. The molecule has 0 unspecified atom stereocenters. The molecule has 0 N–H and O–H groups in total. The van der Waals surface area contributed by atoms with E-state index in [0.29, 0.717) is 5.17 Å². The summed E-state index contributed by atoms with van der Waals surface area (Å²) >= 11 is 5.16. The molecule has 2 aliphatic heterocycles. The van der Waals surface area contributed by atoms with E-state index in [-0.39, 0.29) is 23.7 Å². The van der Waals surface area contributed by atoms with Gasteiger partial charge in [0.25, 0.3) is 5.17 Å². The number of ether oxygens (including phenoxy) is 1. The molecule has 3 rings (SSSR count). The van der Waals surface area contributed by atoms with E-state index in [4.69, 9.17) is 17.0 Å². The van der Waals surface area contributed by atoms with E-state index in [1.807, 2.05) is 35.2 Å². The van der Waals surface area contributed by atoms with Crippen LogP contribution in [0, 0.1) is 0 Å². The Hall–Kier alpha value is -1.14. The van der Waals surface area contributed by atoms with E-state index < -0.39 is 9.84 Å². The summed E-state index contributed by atoms with van der Waals surface area (Å²) in [5.41, 5.74) is 0.891. The number of para-hydroxylation sites is 1. The molecule has 0 bridgehead atoms. The summed E-state index contributed by atoms with van der Waals surface area (Å²) < 4.78 is 28.6. The molecule has 6 heteroatoms. The van der Waals surface area contributed by atoms with Crippen molar-refractivity contribution in [3.8, 4) is 0 Å². The second-order valence-corrected chi connectivity index (χ2v) is 6.78. The minimum atomic E-state index is -3.00. The van der Waals surface area contributed by atoms with Gasteiger partial charge in [0.05, 0.1) is 17.5 Å². The average molecular weight is 269 g/mol. The van der Waals surface area contributed by atoms with Gasteiger partial charge >= 0.3 is 0 Å². The summed E-state index contributed by atoms with van der Waals surface area (Å²) in [7, 11) is -3.00. The van der Waals surface area contributed by atoms with Crippen LogP contribution < -0.4 is 4.90 Å². The van der Waals surface area contributed by atoms with Crippen molar-refractivity contribution in [1.29, 1.82) is 0 Å². The van der Waals surface area contributed by atoms with Gasteiger partial charge in [-0.3, -0.25) is 4.90 Å². The van der Waals surface area contributed by atoms with Gasteiger partial charge in [0.15, 0.2) is 9.84 Å². The first-order chi connectivity index (χ1) is 8.07. The molecule has 90 valence electrons. The average Bonchev–Trinajstić information content (AvgIpc) is 2.69. The minimum absolute atomic E-state index is 0.0706. The second kappa shape index (κ2) is 3.68. The van der Waals surface area contributed by atoms with Gasteiger partial charge in [0.2, 0.25) is 0 Å². The van der Waals surface area contributed by atoms with Crippen molar-refractivity contribution in [2.75, 3.05) is 16.4 Å². The molecule has 2 saturated heterocycles. The van der Waals surface area contributed by atoms with Gasteiger partial charge in [-0.2, -0.15) is 0 Å². The van der Waals surface area contributed by atoms with Crippen LogP contribution in [0.3, 0.4) is 0 Å². The summed E-state index contributed by atoms with van der Waals surface area (Å²) in [5.74, 6) is 0.188. The van der Waals surface area contributed by atoms with Crippen molar-refractivity contribution < 1.29 is 13.2 Å². The van der Waals surface area contributed by atoms with Gasteiger partial charge in [-0.25, -0.2) is 8.42 Å². The number of thiocarbonyl (C=S) groups is 1. The normalized spacial score (nSPS) is 30.1. The van der Waals surface area contributed by atoms with E-state index in [1.54, 1.807) is 0 Å². The van der Waals surface area contributed by atoms with Crippen LogP contribution in [0.1, 0.15) is 0 Å². The highest BCUT2D eigenvalue weighted by atomic mass is 32.2. The zero-order valence-corrected chi connectivity index (χ0v) is 10.6. The summed E-state index contributed by atoms with van der Waals surface area (Å²) in [6.45, 7) is 0. The zero-order valence-electron chi connectivity index (χ0n) is 8.94. The lowest BCUT2D eigenvalue weighted by Crippen LogP contribution is -2.36. The van der Waals surface area contributed by atoms with Crippen LogP contribution in [0.4, 0.5) is 5.69 Å². The molecule has 2 atom stereocenters. The van der Waals surface area contributed by atoms with Crippen molar-refractivity contribution in [1.82, 2.24) is 0 Å². The molecule has 1 aromatic rings. The van der Waals surface area contributed by atoms with Crippen LogP contribution >= 0.6 is 12.2 Å². The molecule has 0 aliphatic carbocycles. The first-order valence-electron chi connectivity index (χ1n) is 5.32. The third-order valence-corrected chi connectivity index (χ3v) is 5.07. The molecule has 0 saturated carbocycles. The van der Waals surface area contributed by atoms with Crippen molar-refractivity contribution >= 4 is 32.9 Å². The number of rotatable bonds is 1. The number of hydrogen-bond donors (Lipinski definition) is 0. The van der Waals surface area contributed by atoms with Gasteiger partial charge in [-0.05, 0) is 24.4 Å². The molecule has 2 heterocycles. The van der Waals surface area contributed by atoms with E-state index in [2.05, 4.69) is 0 Å². The zero-order chi connectivity index (χ0) is 12.0. The summed E-state index contributed by atoms with van der Waals surface area (Å²) in [6, 6.07) is 9.34. The SMILES string of the molecule is O=S1(=O)C[C@@H]2[C@@H](C1)OC(=S)N2c1ccccc1. The maximum Gasteiger partial charge on any atom is 0.264 e. The van der Waals surface area contributed by atoms with Crippen LogP contribution in [0.2, 0.25) is 0 Å². The molecule has 17 heavy (non-hydrogen) atoms. The van der Waals surface area contributed by atoms with Crippen molar-refractivity contribution in [2.24, 2.45) is 0 Å². The van der Waals surface area contributed by atoms with Gasteiger partial charge in [-0.15, -0.1) is 0 Å². The monoisotopic (exact) mass is 269 g/mol. The van der Waals surface area contributed by atoms with Gasteiger partial charge in [-0.1, -0.05) is 18.2 Å². The van der Waals surface area contributed by atoms with Crippen molar-refractivity contribution in [2.45, 2.75) is 12.1 Å². The first kappa shape index (κ1) is 11.0. The fraction of sp³-hybridized carbons (Fsp3) is 0.364. The molecule has 1 aromatic carbocycles. The van der Waals surface area contributed by atoms with E-state index in [1.165, 1.54) is 0 Å². The lowest BCUT2D eigenvalue weighted by molar-refractivity contribution is 0.244. The lowest BCUT2D eigenvalue weighted by Gasteiger charge is -2.21. The minimum Gasteiger partial charge on any atom is -0.464 e. The number of hydrogen-bond acceptors (Lipinski definition) is 4. The van der Waals surface area contributed by atoms with Crippen molar-refractivity contribution in [3.05, 3.63) is 30.3 Å². The molecular formula is C11H11NO3S2. The topological polar surface area (TPSA) is 46.6 Å². The Labute approximate surface area is 105 Å². The van der Waals surface area contributed by atoms with Gasteiger partial charge in [0.1, 0.15) is 6.10 Å². The van der Waals surface area contributed by atoms with E-state index in [0.717, 1.165) is 5.69 Å². The summed E-state index contributed by atoms with van der Waals surface area (Å²) in [4.78, 5) is 1.81. The smallest absolute Gasteiger partial charge is 0.264 e. The largest absolute Gasteiger partial charge is 0.464 e. The van der Waals surface area contributed by atoms with Crippen molar-refractivity contribution in [3.63, 3.8) is 0 Å². The number of nitrogens with zero attached hydrogens (tertiary/aromatic N) is 1. The Morgan fingerprint density at radius 3 is 2.65 bits per heavy atom. The third kappa shape index (κ3) is 1.81.